The van der Waals surface area contributed by atoms with Crippen LogP contribution in [0.15, 0.2) is 31.9 Å². The highest BCUT2D eigenvalue weighted by Gasteiger charge is 2.39. The molecule has 0 unspecified atom stereocenters. The van der Waals surface area contributed by atoms with Crippen LogP contribution >= 0.6 is 15.9 Å². The van der Waals surface area contributed by atoms with Crippen molar-refractivity contribution in [3.05, 3.63) is 61.1 Å². The topological polar surface area (TPSA) is 178 Å². The number of phenolic OH excluding ortho intramolecular Hbond substituents is 1. The molecule has 0 saturated heterocycles. The Hall–Kier alpha value is -3.75. The van der Waals surface area contributed by atoms with Crippen molar-refractivity contribution < 1.29 is 24.1 Å². The highest BCUT2D eigenvalue weighted by Crippen LogP contribution is 2.51. The van der Waals surface area contributed by atoms with Crippen molar-refractivity contribution in [2.45, 2.75) is 12.5 Å². The summed E-state index contributed by atoms with van der Waals surface area (Å²) < 4.78 is 17.0. The summed E-state index contributed by atoms with van der Waals surface area (Å²) >= 11 is 3.44. The van der Waals surface area contributed by atoms with Gasteiger partial charge in [-0.25, -0.2) is 0 Å². The van der Waals surface area contributed by atoms with E-state index in [0.717, 1.165) is 6.07 Å². The lowest BCUT2D eigenvalue weighted by molar-refractivity contribution is 0.233. The zero-order valence-corrected chi connectivity index (χ0v) is 17.6. The summed E-state index contributed by atoms with van der Waals surface area (Å²) in [5.41, 5.74) is 12.1. The Kier molecular flexibility index (Phi) is 4.96. The zero-order valence-electron chi connectivity index (χ0n) is 16.0. The first kappa shape index (κ1) is 20.5. The Morgan fingerprint density at radius 3 is 2.74 bits per heavy atom. The van der Waals surface area contributed by atoms with Crippen LogP contribution in [-0.2, 0) is 6.61 Å². The minimum Gasteiger partial charge on any atom is -0.504 e. The van der Waals surface area contributed by atoms with Crippen LogP contribution in [-0.4, -0.2) is 22.3 Å². The second-order valence-corrected chi connectivity index (χ2v) is 7.48. The molecule has 3 aromatic rings. The standard InChI is InChI=1S/C20H15BrN4O6/c1-29-13-4-10(21)8(3-11(13)27)14-15-16(23)9(5-22)19(24)25-20(15)31-17-12(28)2-7(6-26)30-18(14)17/h2-4,14,26-27H,6H2,1H3,(H4,23,24,25)/t14-/m0/s1. The first-order valence-corrected chi connectivity index (χ1v) is 9.60. The molecule has 11 heteroatoms. The van der Waals surface area contributed by atoms with E-state index in [1.807, 2.05) is 6.07 Å². The van der Waals surface area contributed by atoms with Gasteiger partial charge >= 0.3 is 0 Å². The van der Waals surface area contributed by atoms with Crippen molar-refractivity contribution in [3.8, 4) is 29.2 Å². The monoisotopic (exact) mass is 486 g/mol. The number of pyridine rings is 1. The molecule has 0 spiro atoms. The normalized spacial score (nSPS) is 14.2. The van der Waals surface area contributed by atoms with Crippen LogP contribution in [0, 0.1) is 11.3 Å². The molecule has 0 bridgehead atoms. The average molecular weight is 487 g/mol. The molecule has 1 aliphatic heterocycles. The average Bonchev–Trinajstić information content (AvgIpc) is 2.74. The number of methoxy groups -OCH3 is 1. The highest BCUT2D eigenvalue weighted by atomic mass is 79.9. The summed E-state index contributed by atoms with van der Waals surface area (Å²) in [5.74, 6) is -1.29. The predicted octanol–water partition coefficient (Wildman–Crippen LogP) is 2.33. The maximum atomic E-state index is 12.7. The van der Waals surface area contributed by atoms with Gasteiger partial charge in [0.25, 0.3) is 0 Å². The van der Waals surface area contributed by atoms with Crippen LogP contribution in [0.5, 0.6) is 23.1 Å². The quantitative estimate of drug-likeness (QED) is 0.335. The van der Waals surface area contributed by atoms with Gasteiger partial charge in [0.15, 0.2) is 17.3 Å². The third-order valence-corrected chi connectivity index (χ3v) is 5.56. The first-order valence-electron chi connectivity index (χ1n) is 8.81. The van der Waals surface area contributed by atoms with Crippen LogP contribution in [0.4, 0.5) is 11.5 Å². The summed E-state index contributed by atoms with van der Waals surface area (Å²) in [6.45, 7) is -0.532. The number of aliphatic hydroxyl groups is 1. The Balaban J connectivity index is 2.12. The molecule has 4 rings (SSSR count). The molecule has 2 aromatic heterocycles. The number of halogens is 1. The number of hydrogen-bond donors (Lipinski definition) is 4. The second-order valence-electron chi connectivity index (χ2n) is 6.63. The maximum absolute atomic E-state index is 12.7. The smallest absolute Gasteiger partial charge is 0.228 e. The lowest BCUT2D eigenvalue weighted by Crippen LogP contribution is -2.22. The molecule has 0 fully saturated rings. The molecule has 0 aliphatic carbocycles. The van der Waals surface area contributed by atoms with Gasteiger partial charge in [-0.05, 0) is 17.7 Å². The number of aromatic hydroxyl groups is 1. The number of benzene rings is 1. The van der Waals surface area contributed by atoms with E-state index < -0.39 is 18.0 Å². The Labute approximate surface area is 183 Å². The number of rotatable bonds is 3. The van der Waals surface area contributed by atoms with Crippen LogP contribution in [0.3, 0.4) is 0 Å². The van der Waals surface area contributed by atoms with Crippen molar-refractivity contribution in [2.75, 3.05) is 18.6 Å². The van der Waals surface area contributed by atoms with E-state index in [1.165, 1.54) is 19.2 Å². The molecule has 31 heavy (non-hydrogen) atoms. The van der Waals surface area contributed by atoms with E-state index in [-0.39, 0.29) is 57.3 Å². The number of ether oxygens (including phenoxy) is 2. The van der Waals surface area contributed by atoms with Crippen LogP contribution in [0.25, 0.3) is 0 Å². The van der Waals surface area contributed by atoms with Gasteiger partial charge in [-0.15, -0.1) is 0 Å². The number of nitrogen functional groups attached to an aromatic ring is 2. The third kappa shape index (κ3) is 3.13. The number of phenols is 1. The molecule has 158 valence electrons. The third-order valence-electron chi connectivity index (χ3n) is 4.88. The summed E-state index contributed by atoms with van der Waals surface area (Å²) in [4.78, 5) is 16.8. The Morgan fingerprint density at radius 1 is 1.35 bits per heavy atom. The molecular weight excluding hydrogens is 472 g/mol. The van der Waals surface area contributed by atoms with E-state index in [1.54, 1.807) is 0 Å². The molecule has 1 aromatic carbocycles. The second kappa shape index (κ2) is 7.50. The minimum absolute atomic E-state index is 0.00265. The molecule has 1 atom stereocenters. The number of nitrogens with two attached hydrogens (primary N) is 2. The zero-order chi connectivity index (χ0) is 22.4. The van der Waals surface area contributed by atoms with Gasteiger partial charge in [0.1, 0.15) is 29.8 Å². The van der Waals surface area contributed by atoms with Crippen molar-refractivity contribution >= 4 is 27.4 Å². The summed E-state index contributed by atoms with van der Waals surface area (Å²) in [6.07, 6.45) is 0. The van der Waals surface area contributed by atoms with E-state index in [0.29, 0.717) is 10.0 Å². The minimum atomic E-state index is -0.927. The molecule has 3 heterocycles. The van der Waals surface area contributed by atoms with Gasteiger partial charge in [-0.2, -0.15) is 10.2 Å². The van der Waals surface area contributed by atoms with E-state index >= 15 is 0 Å². The van der Waals surface area contributed by atoms with E-state index in [9.17, 15) is 20.3 Å². The van der Waals surface area contributed by atoms with Crippen molar-refractivity contribution in [3.63, 3.8) is 0 Å². The largest absolute Gasteiger partial charge is 0.504 e. The number of nitriles is 1. The van der Waals surface area contributed by atoms with E-state index in [2.05, 4.69) is 20.9 Å². The number of nitrogens with zero attached hydrogens (tertiary/aromatic N) is 2. The number of aromatic nitrogens is 1. The number of fused-ring (bicyclic) bond motifs is 2. The maximum Gasteiger partial charge on any atom is 0.228 e. The van der Waals surface area contributed by atoms with Gasteiger partial charge in [0.05, 0.1) is 24.3 Å². The van der Waals surface area contributed by atoms with Crippen LogP contribution < -0.4 is 26.4 Å². The van der Waals surface area contributed by atoms with Crippen molar-refractivity contribution in [1.29, 1.82) is 5.26 Å². The summed E-state index contributed by atoms with van der Waals surface area (Å²) in [7, 11) is 1.40. The molecule has 0 amide bonds. The van der Waals surface area contributed by atoms with Crippen LogP contribution in [0.2, 0.25) is 0 Å². The lowest BCUT2D eigenvalue weighted by atomic mass is 9.85. The Morgan fingerprint density at radius 2 is 2.10 bits per heavy atom. The van der Waals surface area contributed by atoms with Gasteiger partial charge in [0, 0.05) is 10.5 Å². The Bertz CT molecular complexity index is 1330. The predicted molar refractivity (Wildman–Crippen MR) is 112 cm³/mol. The van der Waals surface area contributed by atoms with Gasteiger partial charge in [-0.1, -0.05) is 15.9 Å². The molecule has 10 nitrogen and oxygen atoms in total. The fourth-order valence-corrected chi connectivity index (χ4v) is 4.03. The summed E-state index contributed by atoms with van der Waals surface area (Å²) in [6, 6.07) is 5.93. The molecule has 1 aliphatic rings. The van der Waals surface area contributed by atoms with Gasteiger partial charge < -0.3 is 35.6 Å². The van der Waals surface area contributed by atoms with Gasteiger partial charge in [-0.3, -0.25) is 4.79 Å². The van der Waals surface area contributed by atoms with Crippen molar-refractivity contribution in [1.82, 2.24) is 4.98 Å². The lowest BCUT2D eigenvalue weighted by Gasteiger charge is -2.28. The molecule has 0 saturated carbocycles. The SMILES string of the molecule is COc1cc(Br)c([C@@H]2c3oc(CO)cc(=O)c3Oc3nc(N)c(C#N)c(N)c32)cc1O. The number of anilines is 2. The number of hydrogen-bond acceptors (Lipinski definition) is 10. The highest BCUT2D eigenvalue weighted by molar-refractivity contribution is 9.10. The summed E-state index contributed by atoms with van der Waals surface area (Å²) in [5, 5.41) is 29.4. The van der Waals surface area contributed by atoms with E-state index in [4.69, 9.17) is 25.4 Å². The first-order chi connectivity index (χ1) is 14.8. The molecular formula is C20H15BrN4O6. The van der Waals surface area contributed by atoms with Crippen LogP contribution in [0.1, 0.15) is 34.1 Å². The fourth-order valence-electron chi connectivity index (χ4n) is 3.48. The molecule has 0 radical (unpaired) electrons. The fraction of sp³-hybridized carbons (Fsp3) is 0.150. The molecule has 6 N–H and O–H groups in total. The van der Waals surface area contributed by atoms with Crippen molar-refractivity contribution in [2.24, 2.45) is 0 Å². The number of aliphatic hydroxyl groups excluding tert-OH is 1. The van der Waals surface area contributed by atoms with Gasteiger partial charge in [0.2, 0.25) is 17.1 Å².